The maximum absolute atomic E-state index is 12.3. The van der Waals surface area contributed by atoms with E-state index >= 15 is 0 Å². The Morgan fingerprint density at radius 1 is 0.714 bits per heavy atom. The summed E-state index contributed by atoms with van der Waals surface area (Å²) in [6.07, 6.45) is -0.753. The first-order valence-electron chi connectivity index (χ1n) is 9.39. The minimum Gasteiger partial charge on any atom is -0.460 e. The second-order valence-corrected chi connectivity index (χ2v) is 5.60. The molecule has 0 amide bonds. The van der Waals surface area contributed by atoms with Crippen molar-refractivity contribution in [2.24, 2.45) is 0 Å². The van der Waals surface area contributed by atoms with Crippen LogP contribution in [0.3, 0.4) is 0 Å². The Morgan fingerprint density at radius 2 is 1.11 bits per heavy atom. The summed E-state index contributed by atoms with van der Waals surface area (Å²) < 4.78 is 31.4. The van der Waals surface area contributed by atoms with Crippen molar-refractivity contribution in [1.82, 2.24) is 0 Å². The summed E-state index contributed by atoms with van der Waals surface area (Å²) in [6.45, 7) is 8.78. The second-order valence-electron chi connectivity index (χ2n) is 5.60. The van der Waals surface area contributed by atoms with Gasteiger partial charge >= 0.3 is 11.9 Å². The largest absolute Gasteiger partial charge is 0.460 e. The van der Waals surface area contributed by atoms with Crippen LogP contribution in [0, 0.1) is 0 Å². The normalized spacial score (nSPS) is 13.0. The Bertz CT molecular complexity index is 538. The number of benzene rings is 1. The molecule has 0 N–H and O–H groups in total. The topological polar surface area (TPSA) is 89.5 Å². The third-order valence-electron chi connectivity index (χ3n) is 3.51. The second kappa shape index (κ2) is 14.1. The molecule has 0 saturated heterocycles. The van der Waals surface area contributed by atoms with E-state index in [1.807, 2.05) is 13.8 Å². The lowest BCUT2D eigenvalue weighted by Gasteiger charge is -2.14. The van der Waals surface area contributed by atoms with Crippen molar-refractivity contribution < 1.29 is 38.0 Å². The first kappa shape index (κ1) is 24.0. The summed E-state index contributed by atoms with van der Waals surface area (Å²) in [7, 11) is 0. The Balaban J connectivity index is 2.47. The Hall–Kier alpha value is -2.00. The number of rotatable bonds is 14. The molecule has 0 fully saturated rings. The van der Waals surface area contributed by atoms with Gasteiger partial charge in [-0.2, -0.15) is 0 Å². The van der Waals surface area contributed by atoms with E-state index < -0.39 is 11.9 Å². The molecule has 2 atom stereocenters. The molecule has 8 heteroatoms. The molecule has 158 valence electrons. The molecule has 2 unspecified atom stereocenters. The molecule has 0 radical (unpaired) electrons. The molecule has 0 aromatic heterocycles. The fraction of sp³-hybridized carbons (Fsp3) is 0.600. The fourth-order valence-electron chi connectivity index (χ4n) is 2.26. The van der Waals surface area contributed by atoms with Gasteiger partial charge in [-0.15, -0.1) is 0 Å². The smallest absolute Gasteiger partial charge is 0.339 e. The van der Waals surface area contributed by atoms with Crippen LogP contribution in [-0.4, -0.2) is 64.2 Å². The molecule has 1 aromatic carbocycles. The molecule has 28 heavy (non-hydrogen) atoms. The summed E-state index contributed by atoms with van der Waals surface area (Å²) >= 11 is 0. The molecule has 0 aliphatic heterocycles. The van der Waals surface area contributed by atoms with Gasteiger partial charge in [0.1, 0.15) is 13.2 Å². The molecular formula is C20H30O8. The van der Waals surface area contributed by atoms with Crippen LogP contribution in [-0.2, 0) is 28.4 Å². The number of hydrogen-bond acceptors (Lipinski definition) is 8. The summed E-state index contributed by atoms with van der Waals surface area (Å²) in [4.78, 5) is 24.5. The first-order chi connectivity index (χ1) is 13.5. The van der Waals surface area contributed by atoms with Crippen molar-refractivity contribution in [2.75, 3.05) is 39.6 Å². The van der Waals surface area contributed by atoms with Crippen molar-refractivity contribution in [2.45, 2.75) is 40.3 Å². The van der Waals surface area contributed by atoms with Gasteiger partial charge in [-0.05, 0) is 39.8 Å². The van der Waals surface area contributed by atoms with Crippen LogP contribution in [0.15, 0.2) is 24.3 Å². The van der Waals surface area contributed by atoms with E-state index in [0.29, 0.717) is 13.2 Å². The lowest BCUT2D eigenvalue weighted by atomic mass is 10.1. The monoisotopic (exact) mass is 398 g/mol. The molecule has 0 saturated carbocycles. The molecule has 0 spiro atoms. The van der Waals surface area contributed by atoms with Crippen LogP contribution in [0.4, 0.5) is 0 Å². The van der Waals surface area contributed by atoms with Gasteiger partial charge in [0.25, 0.3) is 0 Å². The van der Waals surface area contributed by atoms with E-state index in [-0.39, 0.29) is 50.1 Å². The van der Waals surface area contributed by atoms with Crippen molar-refractivity contribution in [3.8, 4) is 0 Å². The zero-order chi connectivity index (χ0) is 20.8. The minimum absolute atomic E-state index is 0.0444. The van der Waals surface area contributed by atoms with Crippen molar-refractivity contribution in [3.05, 3.63) is 35.4 Å². The number of esters is 2. The number of carbonyl (C=O) groups is 2. The molecule has 1 aromatic rings. The average molecular weight is 398 g/mol. The molecule has 1 rings (SSSR count). The van der Waals surface area contributed by atoms with Crippen LogP contribution in [0.5, 0.6) is 0 Å². The van der Waals surface area contributed by atoms with Crippen LogP contribution < -0.4 is 0 Å². The standard InChI is InChI=1S/C20H30O8/c1-5-23-15(3)25-11-13-27-19(21)17-9-7-8-10-18(17)20(22)28-14-12-26-16(4)24-6-2/h7-10,15-16H,5-6,11-14H2,1-4H3. The van der Waals surface area contributed by atoms with Gasteiger partial charge in [-0.25, -0.2) is 9.59 Å². The fourth-order valence-corrected chi connectivity index (χ4v) is 2.26. The summed E-state index contributed by atoms with van der Waals surface area (Å²) in [5, 5.41) is 0. The van der Waals surface area contributed by atoms with E-state index in [1.165, 1.54) is 12.1 Å². The SMILES string of the molecule is CCOC(C)OCCOC(=O)c1ccccc1C(=O)OCCOC(C)OCC. The van der Waals surface area contributed by atoms with Crippen molar-refractivity contribution in [3.63, 3.8) is 0 Å². The van der Waals surface area contributed by atoms with Crippen molar-refractivity contribution in [1.29, 1.82) is 0 Å². The van der Waals surface area contributed by atoms with Gasteiger partial charge in [0.2, 0.25) is 0 Å². The highest BCUT2D eigenvalue weighted by atomic mass is 16.7. The van der Waals surface area contributed by atoms with Gasteiger partial charge < -0.3 is 28.4 Å². The minimum atomic E-state index is -0.624. The first-order valence-corrected chi connectivity index (χ1v) is 9.39. The maximum Gasteiger partial charge on any atom is 0.339 e. The molecular weight excluding hydrogens is 368 g/mol. The predicted octanol–water partition coefficient (Wildman–Crippen LogP) is 2.80. The van der Waals surface area contributed by atoms with Gasteiger partial charge in [-0.3, -0.25) is 0 Å². The highest BCUT2D eigenvalue weighted by Gasteiger charge is 2.19. The summed E-state index contributed by atoms with van der Waals surface area (Å²) in [6, 6.07) is 6.31. The number of carbonyl (C=O) groups excluding carboxylic acids is 2. The van der Waals surface area contributed by atoms with Gasteiger partial charge in [-0.1, -0.05) is 12.1 Å². The van der Waals surface area contributed by atoms with Gasteiger partial charge in [0, 0.05) is 13.2 Å². The van der Waals surface area contributed by atoms with Crippen LogP contribution in [0.25, 0.3) is 0 Å². The highest BCUT2D eigenvalue weighted by molar-refractivity contribution is 6.03. The van der Waals surface area contributed by atoms with Crippen molar-refractivity contribution >= 4 is 11.9 Å². The lowest BCUT2D eigenvalue weighted by molar-refractivity contribution is -0.133. The Kier molecular flexibility index (Phi) is 12.1. The van der Waals surface area contributed by atoms with E-state index in [0.717, 1.165) is 0 Å². The lowest BCUT2D eigenvalue weighted by Crippen LogP contribution is -2.20. The predicted molar refractivity (Wildman–Crippen MR) is 101 cm³/mol. The van der Waals surface area contributed by atoms with E-state index in [1.54, 1.807) is 26.0 Å². The summed E-state index contributed by atoms with van der Waals surface area (Å²) in [5.74, 6) is -1.25. The molecule has 0 heterocycles. The maximum atomic E-state index is 12.3. The van der Waals surface area contributed by atoms with Crippen LogP contribution in [0.2, 0.25) is 0 Å². The molecule has 0 aliphatic rings. The van der Waals surface area contributed by atoms with Crippen LogP contribution >= 0.6 is 0 Å². The number of hydrogen-bond donors (Lipinski definition) is 0. The number of ether oxygens (including phenoxy) is 6. The Morgan fingerprint density at radius 3 is 1.46 bits per heavy atom. The summed E-state index contributed by atoms with van der Waals surface area (Å²) in [5.41, 5.74) is 0.267. The quantitative estimate of drug-likeness (QED) is 0.268. The van der Waals surface area contributed by atoms with Gasteiger partial charge in [0.05, 0.1) is 24.3 Å². The van der Waals surface area contributed by atoms with E-state index in [4.69, 9.17) is 28.4 Å². The zero-order valence-electron chi connectivity index (χ0n) is 17.0. The average Bonchev–Trinajstić information content (AvgIpc) is 2.68. The van der Waals surface area contributed by atoms with Gasteiger partial charge in [0.15, 0.2) is 12.6 Å². The molecule has 0 bridgehead atoms. The molecule has 0 aliphatic carbocycles. The van der Waals surface area contributed by atoms with E-state index in [9.17, 15) is 9.59 Å². The third-order valence-corrected chi connectivity index (χ3v) is 3.51. The Labute approximate surface area is 166 Å². The van der Waals surface area contributed by atoms with Crippen LogP contribution in [0.1, 0.15) is 48.4 Å². The molecule has 8 nitrogen and oxygen atoms in total. The third kappa shape index (κ3) is 9.27. The highest BCUT2D eigenvalue weighted by Crippen LogP contribution is 2.12. The zero-order valence-corrected chi connectivity index (χ0v) is 17.0. The van der Waals surface area contributed by atoms with E-state index in [2.05, 4.69) is 0 Å².